The number of likely N-dealkylation sites (N-methyl/N-ethyl adjacent to an activating group) is 1. The van der Waals surface area contributed by atoms with Gasteiger partial charge in [-0.15, -0.1) is 24.0 Å². The molecule has 1 atom stereocenters. The number of nitrogens with one attached hydrogen (secondary N) is 2. The Morgan fingerprint density at radius 3 is 2.75 bits per heavy atom. The number of rotatable bonds is 6. The number of halogens is 1. The largest absolute Gasteiger partial charge is 0.357 e. The Bertz CT molecular complexity index is 693. The fourth-order valence-corrected chi connectivity index (χ4v) is 3.06. The van der Waals surface area contributed by atoms with Crippen molar-refractivity contribution in [3.05, 3.63) is 35.4 Å². The maximum Gasteiger partial charge on any atom is 0.253 e. The second kappa shape index (κ2) is 11.9. The molecule has 1 unspecified atom stereocenters. The SMILES string of the molecule is CCNC(=NCCc1cccc(C(=O)N(C)C)c1)NC1CCC(=O)N(C)C1.I. The van der Waals surface area contributed by atoms with Crippen LogP contribution >= 0.6 is 24.0 Å². The van der Waals surface area contributed by atoms with Gasteiger partial charge in [-0.1, -0.05) is 12.1 Å². The lowest BCUT2D eigenvalue weighted by Gasteiger charge is -2.31. The minimum atomic E-state index is 0. The van der Waals surface area contributed by atoms with Crippen LogP contribution in [0.1, 0.15) is 35.7 Å². The summed E-state index contributed by atoms with van der Waals surface area (Å²) in [7, 11) is 5.34. The number of aliphatic imine (C=N–C) groups is 1. The molecule has 8 heteroatoms. The van der Waals surface area contributed by atoms with Crippen LogP contribution in [0.4, 0.5) is 0 Å². The zero-order valence-corrected chi connectivity index (χ0v) is 19.5. The van der Waals surface area contributed by atoms with Gasteiger partial charge < -0.3 is 20.4 Å². The maximum atomic E-state index is 12.1. The number of benzene rings is 1. The summed E-state index contributed by atoms with van der Waals surface area (Å²) in [6.07, 6.45) is 2.15. The molecule has 1 aromatic rings. The van der Waals surface area contributed by atoms with Gasteiger partial charge in [-0.25, -0.2) is 0 Å². The van der Waals surface area contributed by atoms with Crippen LogP contribution in [0, 0.1) is 0 Å². The Balaban J connectivity index is 0.00000392. The summed E-state index contributed by atoms with van der Waals surface area (Å²) in [5.41, 5.74) is 1.78. The molecule has 0 spiro atoms. The molecule has 2 rings (SSSR count). The topological polar surface area (TPSA) is 77.0 Å². The van der Waals surface area contributed by atoms with E-state index in [0.717, 1.165) is 30.9 Å². The number of carbonyl (C=O) groups is 2. The quantitative estimate of drug-likeness (QED) is 0.354. The van der Waals surface area contributed by atoms with E-state index in [9.17, 15) is 9.59 Å². The van der Waals surface area contributed by atoms with Crippen molar-refractivity contribution < 1.29 is 9.59 Å². The molecule has 1 saturated heterocycles. The molecule has 1 fully saturated rings. The lowest BCUT2D eigenvalue weighted by atomic mass is 10.1. The molecule has 1 heterocycles. The van der Waals surface area contributed by atoms with Gasteiger partial charge in [-0.2, -0.15) is 0 Å². The van der Waals surface area contributed by atoms with Gasteiger partial charge in [-0.3, -0.25) is 14.6 Å². The fourth-order valence-electron chi connectivity index (χ4n) is 3.06. The summed E-state index contributed by atoms with van der Waals surface area (Å²) in [4.78, 5) is 31.7. The van der Waals surface area contributed by atoms with Crippen molar-refractivity contribution in [3.8, 4) is 0 Å². The minimum absolute atomic E-state index is 0. The molecule has 0 aromatic heterocycles. The molecule has 7 nitrogen and oxygen atoms in total. The van der Waals surface area contributed by atoms with E-state index in [1.165, 1.54) is 0 Å². The molecule has 28 heavy (non-hydrogen) atoms. The highest BCUT2D eigenvalue weighted by Gasteiger charge is 2.23. The van der Waals surface area contributed by atoms with Gasteiger partial charge >= 0.3 is 0 Å². The monoisotopic (exact) mass is 501 g/mol. The molecule has 1 aromatic carbocycles. The number of carbonyl (C=O) groups excluding carboxylic acids is 2. The highest BCUT2D eigenvalue weighted by Crippen LogP contribution is 2.10. The molecule has 2 amide bonds. The predicted molar refractivity (Wildman–Crippen MR) is 123 cm³/mol. The number of piperidine rings is 1. The summed E-state index contributed by atoms with van der Waals surface area (Å²) in [5, 5.41) is 6.68. The Kier molecular flexibility index (Phi) is 10.3. The Morgan fingerprint density at radius 1 is 1.36 bits per heavy atom. The van der Waals surface area contributed by atoms with Crippen LogP contribution in [0.15, 0.2) is 29.3 Å². The standard InChI is InChI=1S/C20H31N5O2.HI/c1-5-21-20(23-17-9-10-18(26)25(4)14-17)22-12-11-15-7-6-8-16(13-15)19(27)24(2)3;/h6-8,13,17H,5,9-12,14H2,1-4H3,(H2,21,22,23);1H. The third-order valence-electron chi connectivity index (χ3n) is 4.56. The van der Waals surface area contributed by atoms with Crippen molar-refractivity contribution in [2.45, 2.75) is 32.2 Å². The molecule has 0 saturated carbocycles. The normalized spacial score (nSPS) is 17.0. The number of hydrogen-bond donors (Lipinski definition) is 2. The van der Waals surface area contributed by atoms with Gasteiger partial charge in [0.05, 0.1) is 0 Å². The molecule has 0 radical (unpaired) electrons. The molecule has 0 bridgehead atoms. The number of hydrogen-bond acceptors (Lipinski definition) is 3. The predicted octanol–water partition coefficient (Wildman–Crippen LogP) is 1.72. The van der Waals surface area contributed by atoms with E-state index in [-0.39, 0.29) is 41.8 Å². The van der Waals surface area contributed by atoms with E-state index in [2.05, 4.69) is 15.6 Å². The van der Waals surface area contributed by atoms with Gasteiger partial charge in [-0.05, 0) is 37.5 Å². The third kappa shape index (κ3) is 7.29. The van der Waals surface area contributed by atoms with Gasteiger partial charge in [0, 0.05) is 58.8 Å². The summed E-state index contributed by atoms with van der Waals surface area (Å²) >= 11 is 0. The smallest absolute Gasteiger partial charge is 0.253 e. The van der Waals surface area contributed by atoms with Crippen molar-refractivity contribution in [3.63, 3.8) is 0 Å². The van der Waals surface area contributed by atoms with Gasteiger partial charge in [0.15, 0.2) is 5.96 Å². The van der Waals surface area contributed by atoms with E-state index in [1.54, 1.807) is 23.9 Å². The van der Waals surface area contributed by atoms with Gasteiger partial charge in [0.1, 0.15) is 0 Å². The minimum Gasteiger partial charge on any atom is -0.357 e. The summed E-state index contributed by atoms with van der Waals surface area (Å²) in [6, 6.07) is 7.91. The Morgan fingerprint density at radius 2 is 2.11 bits per heavy atom. The highest BCUT2D eigenvalue weighted by molar-refractivity contribution is 14.0. The zero-order valence-electron chi connectivity index (χ0n) is 17.2. The van der Waals surface area contributed by atoms with E-state index in [0.29, 0.717) is 25.1 Å². The van der Waals surface area contributed by atoms with Gasteiger partial charge in [0.25, 0.3) is 5.91 Å². The van der Waals surface area contributed by atoms with Crippen LogP contribution in [0.2, 0.25) is 0 Å². The number of nitrogens with zero attached hydrogens (tertiary/aromatic N) is 3. The first-order valence-corrected chi connectivity index (χ1v) is 9.50. The summed E-state index contributed by atoms with van der Waals surface area (Å²) < 4.78 is 0. The van der Waals surface area contributed by atoms with Gasteiger partial charge in [0.2, 0.25) is 5.91 Å². The lowest BCUT2D eigenvalue weighted by molar-refractivity contribution is -0.132. The van der Waals surface area contributed by atoms with E-state index in [4.69, 9.17) is 0 Å². The third-order valence-corrected chi connectivity index (χ3v) is 4.56. The Labute approximate surface area is 185 Å². The molecule has 2 N–H and O–H groups in total. The van der Waals surface area contributed by atoms with E-state index < -0.39 is 0 Å². The molecule has 1 aliphatic heterocycles. The van der Waals surface area contributed by atoms with Crippen molar-refractivity contribution >= 4 is 41.8 Å². The average molecular weight is 501 g/mol. The molecule has 156 valence electrons. The summed E-state index contributed by atoms with van der Waals surface area (Å²) in [6.45, 7) is 4.12. The maximum absolute atomic E-state index is 12.1. The number of likely N-dealkylation sites (tertiary alicyclic amines) is 1. The first kappa shape index (κ1) is 24.2. The molecule has 0 aliphatic carbocycles. The van der Waals surface area contributed by atoms with Crippen LogP contribution in [0.3, 0.4) is 0 Å². The van der Waals surface area contributed by atoms with Crippen LogP contribution in [-0.2, 0) is 11.2 Å². The first-order chi connectivity index (χ1) is 12.9. The van der Waals surface area contributed by atoms with Crippen LogP contribution in [0.25, 0.3) is 0 Å². The van der Waals surface area contributed by atoms with E-state index >= 15 is 0 Å². The molecular formula is C20H32IN5O2. The highest BCUT2D eigenvalue weighted by atomic mass is 127. The average Bonchev–Trinajstić information content (AvgIpc) is 2.64. The molecule has 1 aliphatic rings. The van der Waals surface area contributed by atoms with Crippen molar-refractivity contribution in [2.75, 3.05) is 40.8 Å². The van der Waals surface area contributed by atoms with Crippen LogP contribution in [-0.4, -0.2) is 74.4 Å². The van der Waals surface area contributed by atoms with E-state index in [1.807, 2.05) is 38.2 Å². The van der Waals surface area contributed by atoms with Crippen molar-refractivity contribution in [1.82, 2.24) is 20.4 Å². The second-order valence-corrected chi connectivity index (χ2v) is 7.06. The van der Waals surface area contributed by atoms with Crippen molar-refractivity contribution in [2.24, 2.45) is 4.99 Å². The lowest BCUT2D eigenvalue weighted by Crippen LogP contribution is -2.51. The van der Waals surface area contributed by atoms with Crippen LogP contribution < -0.4 is 10.6 Å². The Hall–Kier alpha value is -1.84. The first-order valence-electron chi connectivity index (χ1n) is 9.50. The number of amides is 2. The van der Waals surface area contributed by atoms with Crippen LogP contribution in [0.5, 0.6) is 0 Å². The summed E-state index contributed by atoms with van der Waals surface area (Å²) in [5.74, 6) is 0.972. The fraction of sp³-hybridized carbons (Fsp3) is 0.550. The number of guanidine groups is 1. The zero-order chi connectivity index (χ0) is 19.8. The molecular weight excluding hydrogens is 469 g/mol. The second-order valence-electron chi connectivity index (χ2n) is 7.06. The van der Waals surface area contributed by atoms with Crippen molar-refractivity contribution in [1.29, 1.82) is 0 Å².